The predicted molar refractivity (Wildman–Crippen MR) is 171 cm³/mol. The Morgan fingerprint density at radius 2 is 1.68 bits per heavy atom. The zero-order chi connectivity index (χ0) is 31.4. The summed E-state index contributed by atoms with van der Waals surface area (Å²) in [4.78, 5) is 41.3. The highest BCUT2D eigenvalue weighted by Gasteiger charge is 2.24. The number of nitrogens with two attached hydrogens (primary N) is 2. The van der Waals surface area contributed by atoms with Gasteiger partial charge in [0.25, 0.3) is 11.8 Å². The van der Waals surface area contributed by atoms with Crippen LogP contribution in [0.5, 0.6) is 0 Å². The standard InChI is InChI=1S/C34H39N7O3/c1-21-27(6-5-7-28(21)37-31(42)23-12-14-25(15-13-23)34(2,3)4)30-38-29(39-33(36)40-30)18-22-8-10-24(11-9-22)32(43)41-16-17-44-26(19-35)20-41/h5-15,26H,16-20,35H2,1-4H3,(H,37,42)(H2,36,38,39,40). The van der Waals surface area contributed by atoms with Crippen LogP contribution in [0.15, 0.2) is 66.7 Å². The third kappa shape index (κ3) is 7.10. The molecular weight excluding hydrogens is 554 g/mol. The normalized spacial score (nSPS) is 15.2. The molecule has 0 spiro atoms. The van der Waals surface area contributed by atoms with Gasteiger partial charge in [0.15, 0.2) is 5.82 Å². The Balaban J connectivity index is 1.30. The number of nitrogens with one attached hydrogen (secondary N) is 1. The van der Waals surface area contributed by atoms with Crippen molar-refractivity contribution in [2.24, 2.45) is 5.73 Å². The van der Waals surface area contributed by atoms with Gasteiger partial charge in [-0.3, -0.25) is 9.59 Å². The molecule has 1 fully saturated rings. The van der Waals surface area contributed by atoms with Gasteiger partial charge in [-0.15, -0.1) is 0 Å². The number of aromatic nitrogens is 3. The second-order valence-corrected chi connectivity index (χ2v) is 12.0. The fourth-order valence-corrected chi connectivity index (χ4v) is 5.14. The molecule has 1 aliphatic heterocycles. The number of nitrogens with zero attached hydrogens (tertiary/aromatic N) is 4. The molecular formula is C34H39N7O3. The third-order valence-electron chi connectivity index (χ3n) is 7.79. The second-order valence-electron chi connectivity index (χ2n) is 12.0. The van der Waals surface area contributed by atoms with E-state index in [0.717, 1.165) is 22.3 Å². The monoisotopic (exact) mass is 593 g/mol. The molecule has 4 aromatic rings. The molecule has 10 nitrogen and oxygen atoms in total. The van der Waals surface area contributed by atoms with Gasteiger partial charge < -0.3 is 26.4 Å². The highest BCUT2D eigenvalue weighted by molar-refractivity contribution is 6.05. The molecule has 228 valence electrons. The SMILES string of the molecule is Cc1c(NC(=O)c2ccc(C(C)(C)C)cc2)cccc1-c1nc(N)nc(Cc2ccc(C(=O)N3CCOC(CN)C3)cc2)n1. The van der Waals surface area contributed by atoms with Gasteiger partial charge >= 0.3 is 0 Å². The van der Waals surface area contributed by atoms with Crippen LogP contribution in [0.1, 0.15) is 64.0 Å². The molecule has 0 saturated carbocycles. The van der Waals surface area contributed by atoms with Gasteiger partial charge in [-0.2, -0.15) is 9.97 Å². The summed E-state index contributed by atoms with van der Waals surface area (Å²) < 4.78 is 5.58. The highest BCUT2D eigenvalue weighted by Crippen LogP contribution is 2.28. The second kappa shape index (κ2) is 12.9. The molecule has 1 saturated heterocycles. The summed E-state index contributed by atoms with van der Waals surface area (Å²) in [7, 11) is 0. The summed E-state index contributed by atoms with van der Waals surface area (Å²) in [6, 6.07) is 20.6. The van der Waals surface area contributed by atoms with E-state index in [-0.39, 0.29) is 29.3 Å². The van der Waals surface area contributed by atoms with Crippen molar-refractivity contribution in [1.82, 2.24) is 19.9 Å². The van der Waals surface area contributed by atoms with Crippen molar-refractivity contribution in [3.8, 4) is 11.4 Å². The molecule has 44 heavy (non-hydrogen) atoms. The van der Waals surface area contributed by atoms with Gasteiger partial charge in [-0.25, -0.2) is 4.98 Å². The number of anilines is 2. The lowest BCUT2D eigenvalue weighted by atomic mass is 9.86. The van der Waals surface area contributed by atoms with E-state index in [2.05, 4.69) is 36.1 Å². The van der Waals surface area contributed by atoms with E-state index in [1.807, 2.05) is 73.7 Å². The lowest BCUT2D eigenvalue weighted by molar-refractivity contribution is -0.0167. The van der Waals surface area contributed by atoms with Crippen molar-refractivity contribution in [3.05, 3.63) is 100 Å². The van der Waals surface area contributed by atoms with Crippen molar-refractivity contribution >= 4 is 23.5 Å². The number of carbonyl (C=O) groups is 2. The summed E-state index contributed by atoms with van der Waals surface area (Å²) in [6.07, 6.45) is 0.267. The molecule has 0 radical (unpaired) electrons. The lowest BCUT2D eigenvalue weighted by Crippen LogP contribution is -2.48. The molecule has 1 atom stereocenters. The molecule has 1 aliphatic rings. The average molecular weight is 594 g/mol. The average Bonchev–Trinajstić information content (AvgIpc) is 3.01. The first kappa shape index (κ1) is 30.8. The Kier molecular flexibility index (Phi) is 9.03. The van der Waals surface area contributed by atoms with Crippen LogP contribution in [0.3, 0.4) is 0 Å². The van der Waals surface area contributed by atoms with Crippen LogP contribution < -0.4 is 16.8 Å². The van der Waals surface area contributed by atoms with E-state index in [0.29, 0.717) is 61.1 Å². The van der Waals surface area contributed by atoms with Crippen molar-refractivity contribution in [2.45, 2.75) is 45.6 Å². The summed E-state index contributed by atoms with van der Waals surface area (Å²) in [5.74, 6) is 0.777. The Morgan fingerprint density at radius 1 is 0.977 bits per heavy atom. The fourth-order valence-electron chi connectivity index (χ4n) is 5.14. The van der Waals surface area contributed by atoms with Crippen LogP contribution in [0.25, 0.3) is 11.4 Å². The smallest absolute Gasteiger partial charge is 0.255 e. The number of nitrogen functional groups attached to an aromatic ring is 1. The van der Waals surface area contributed by atoms with E-state index < -0.39 is 0 Å². The first-order valence-electron chi connectivity index (χ1n) is 14.7. The van der Waals surface area contributed by atoms with E-state index in [1.54, 1.807) is 4.90 Å². The maximum absolute atomic E-state index is 13.1. The summed E-state index contributed by atoms with van der Waals surface area (Å²) in [5.41, 5.74) is 17.3. The fraction of sp³-hybridized carbons (Fsp3) is 0.324. The number of amides is 2. The van der Waals surface area contributed by atoms with E-state index in [1.165, 1.54) is 0 Å². The maximum Gasteiger partial charge on any atom is 0.255 e. The van der Waals surface area contributed by atoms with Crippen LogP contribution in [-0.2, 0) is 16.6 Å². The molecule has 10 heteroatoms. The van der Waals surface area contributed by atoms with Gasteiger partial charge in [0, 0.05) is 48.4 Å². The van der Waals surface area contributed by atoms with Crippen LogP contribution in [0.4, 0.5) is 11.6 Å². The number of benzene rings is 3. The Hall–Kier alpha value is -4.67. The van der Waals surface area contributed by atoms with E-state index in [9.17, 15) is 9.59 Å². The minimum Gasteiger partial charge on any atom is -0.373 e. The van der Waals surface area contributed by atoms with Gasteiger partial charge in [-0.05, 0) is 59.4 Å². The first-order valence-corrected chi connectivity index (χ1v) is 14.7. The van der Waals surface area contributed by atoms with Crippen LogP contribution in [-0.4, -0.2) is 64.0 Å². The molecule has 5 N–H and O–H groups in total. The number of carbonyl (C=O) groups excluding carboxylic acids is 2. The van der Waals surface area contributed by atoms with E-state index in [4.69, 9.17) is 21.2 Å². The summed E-state index contributed by atoms with van der Waals surface area (Å²) in [6.45, 7) is 10.2. The Labute approximate surface area is 257 Å². The predicted octanol–water partition coefficient (Wildman–Crippen LogP) is 4.37. The minimum absolute atomic E-state index is 0.00571. The molecule has 1 unspecified atom stereocenters. The Bertz CT molecular complexity index is 1650. The molecule has 5 rings (SSSR count). The van der Waals surface area contributed by atoms with Gasteiger partial charge in [0.2, 0.25) is 5.95 Å². The first-order chi connectivity index (χ1) is 21.0. The molecule has 0 bridgehead atoms. The van der Waals surface area contributed by atoms with Crippen LogP contribution >= 0.6 is 0 Å². The molecule has 2 amide bonds. The van der Waals surface area contributed by atoms with Crippen molar-refractivity contribution in [2.75, 3.05) is 37.3 Å². The van der Waals surface area contributed by atoms with Gasteiger partial charge in [0.05, 0.1) is 12.7 Å². The molecule has 0 aliphatic carbocycles. The van der Waals surface area contributed by atoms with Crippen molar-refractivity contribution < 1.29 is 14.3 Å². The number of ether oxygens (including phenoxy) is 1. The van der Waals surface area contributed by atoms with Crippen LogP contribution in [0, 0.1) is 6.92 Å². The van der Waals surface area contributed by atoms with Crippen molar-refractivity contribution in [3.63, 3.8) is 0 Å². The maximum atomic E-state index is 13.1. The summed E-state index contributed by atoms with van der Waals surface area (Å²) in [5, 5.41) is 3.02. The topological polar surface area (TPSA) is 149 Å². The number of morpholine rings is 1. The summed E-state index contributed by atoms with van der Waals surface area (Å²) >= 11 is 0. The zero-order valence-electron chi connectivity index (χ0n) is 25.6. The van der Waals surface area contributed by atoms with Crippen LogP contribution in [0.2, 0.25) is 0 Å². The molecule has 3 aromatic carbocycles. The quantitative estimate of drug-likeness (QED) is 0.286. The van der Waals surface area contributed by atoms with Gasteiger partial charge in [0.1, 0.15) is 5.82 Å². The Morgan fingerprint density at radius 3 is 2.36 bits per heavy atom. The van der Waals surface area contributed by atoms with Gasteiger partial charge in [-0.1, -0.05) is 57.2 Å². The third-order valence-corrected chi connectivity index (χ3v) is 7.79. The van der Waals surface area contributed by atoms with Crippen molar-refractivity contribution in [1.29, 1.82) is 0 Å². The number of rotatable bonds is 7. The zero-order valence-corrected chi connectivity index (χ0v) is 25.6. The number of hydrogen-bond acceptors (Lipinski definition) is 8. The lowest BCUT2D eigenvalue weighted by Gasteiger charge is -2.32. The molecule has 2 heterocycles. The molecule has 1 aromatic heterocycles. The van der Waals surface area contributed by atoms with E-state index >= 15 is 0 Å². The highest BCUT2D eigenvalue weighted by atomic mass is 16.5. The minimum atomic E-state index is -0.198. The largest absolute Gasteiger partial charge is 0.373 e. The number of hydrogen-bond donors (Lipinski definition) is 3.